The van der Waals surface area contributed by atoms with E-state index >= 15 is 0 Å². The minimum Gasteiger partial charge on any atom is -0.404 e. The summed E-state index contributed by atoms with van der Waals surface area (Å²) in [6.07, 6.45) is -4.82. The highest BCUT2D eigenvalue weighted by Crippen LogP contribution is 2.37. The van der Waals surface area contributed by atoms with Crippen LogP contribution in [0.5, 0.6) is 5.75 Å². The van der Waals surface area contributed by atoms with Gasteiger partial charge in [-0.3, -0.25) is 0 Å². The molecule has 0 fully saturated rings. The summed E-state index contributed by atoms with van der Waals surface area (Å²) in [5, 5.41) is -0.282. The second kappa shape index (κ2) is 4.16. The van der Waals surface area contributed by atoms with Crippen LogP contribution in [0.4, 0.5) is 18.9 Å². The standard InChI is InChI=1S/C8H8ClF3N2O/c9-6-5(14)2-1-4(3-13)7(6)15-8(10,11)12/h1-2H,3,13-14H2. The monoisotopic (exact) mass is 240 g/mol. The van der Waals surface area contributed by atoms with E-state index in [9.17, 15) is 13.2 Å². The van der Waals surface area contributed by atoms with Gasteiger partial charge >= 0.3 is 6.36 Å². The topological polar surface area (TPSA) is 61.3 Å². The van der Waals surface area contributed by atoms with Crippen molar-refractivity contribution < 1.29 is 17.9 Å². The molecule has 0 unspecified atom stereocenters. The van der Waals surface area contributed by atoms with Gasteiger partial charge in [0.15, 0.2) is 5.75 Å². The third-order valence-electron chi connectivity index (χ3n) is 1.65. The van der Waals surface area contributed by atoms with Gasteiger partial charge in [0.1, 0.15) is 5.02 Å². The van der Waals surface area contributed by atoms with E-state index in [-0.39, 0.29) is 22.8 Å². The minimum atomic E-state index is -4.82. The third kappa shape index (κ3) is 2.90. The number of benzene rings is 1. The van der Waals surface area contributed by atoms with Crippen LogP contribution in [0, 0.1) is 0 Å². The molecule has 3 nitrogen and oxygen atoms in total. The highest BCUT2D eigenvalue weighted by atomic mass is 35.5. The molecule has 0 aliphatic rings. The Hall–Kier alpha value is -1.14. The first kappa shape index (κ1) is 11.9. The van der Waals surface area contributed by atoms with Crippen molar-refractivity contribution in [3.8, 4) is 5.75 Å². The van der Waals surface area contributed by atoms with E-state index in [1.54, 1.807) is 0 Å². The number of ether oxygens (including phenoxy) is 1. The number of alkyl halides is 3. The molecule has 0 heterocycles. The Morgan fingerprint density at radius 3 is 2.40 bits per heavy atom. The van der Waals surface area contributed by atoms with Crippen LogP contribution in [-0.2, 0) is 6.54 Å². The molecule has 0 spiro atoms. The molecule has 84 valence electrons. The van der Waals surface area contributed by atoms with Crippen molar-refractivity contribution in [3.05, 3.63) is 22.7 Å². The molecule has 15 heavy (non-hydrogen) atoms. The average molecular weight is 241 g/mol. The molecule has 1 aromatic carbocycles. The SMILES string of the molecule is NCc1ccc(N)c(Cl)c1OC(F)(F)F. The maximum atomic E-state index is 12.0. The normalized spacial score (nSPS) is 11.5. The van der Waals surface area contributed by atoms with Crippen molar-refractivity contribution in [3.63, 3.8) is 0 Å². The van der Waals surface area contributed by atoms with Crippen LogP contribution in [0.25, 0.3) is 0 Å². The second-order valence-corrected chi connectivity index (χ2v) is 3.09. The summed E-state index contributed by atoms with van der Waals surface area (Å²) in [6, 6.07) is 2.70. The molecule has 7 heteroatoms. The number of anilines is 1. The number of nitrogens with two attached hydrogens (primary N) is 2. The van der Waals surface area contributed by atoms with Crippen LogP contribution in [0.1, 0.15) is 5.56 Å². The Bertz CT molecular complexity index is 368. The van der Waals surface area contributed by atoms with E-state index in [2.05, 4.69) is 4.74 Å². The van der Waals surface area contributed by atoms with E-state index in [1.807, 2.05) is 0 Å². The fourth-order valence-electron chi connectivity index (χ4n) is 0.998. The second-order valence-electron chi connectivity index (χ2n) is 2.71. The predicted octanol–water partition coefficient (Wildman–Crippen LogP) is 2.28. The van der Waals surface area contributed by atoms with Crippen LogP contribution >= 0.6 is 11.6 Å². The summed E-state index contributed by atoms with van der Waals surface area (Å²) in [5.41, 5.74) is 10.7. The lowest BCUT2D eigenvalue weighted by Crippen LogP contribution is -2.19. The molecule has 0 amide bonds. The zero-order valence-electron chi connectivity index (χ0n) is 7.44. The zero-order chi connectivity index (χ0) is 11.6. The largest absolute Gasteiger partial charge is 0.573 e. The van der Waals surface area contributed by atoms with E-state index in [4.69, 9.17) is 23.1 Å². The molecule has 1 aromatic rings. The van der Waals surface area contributed by atoms with Crippen LogP contribution < -0.4 is 16.2 Å². The van der Waals surface area contributed by atoms with Crippen LogP contribution in [0.15, 0.2) is 12.1 Å². The van der Waals surface area contributed by atoms with Gasteiger partial charge in [0.05, 0.1) is 5.69 Å². The molecular formula is C8H8ClF3N2O. The average Bonchev–Trinajstić information content (AvgIpc) is 2.11. The molecule has 1 rings (SSSR count). The third-order valence-corrected chi connectivity index (χ3v) is 2.04. The van der Waals surface area contributed by atoms with Gasteiger partial charge < -0.3 is 16.2 Å². The van der Waals surface area contributed by atoms with Gasteiger partial charge in [0.25, 0.3) is 0 Å². The van der Waals surface area contributed by atoms with Gasteiger partial charge in [-0.2, -0.15) is 0 Å². The van der Waals surface area contributed by atoms with Crippen molar-refractivity contribution in [1.29, 1.82) is 0 Å². The van der Waals surface area contributed by atoms with Crippen molar-refractivity contribution in [2.45, 2.75) is 12.9 Å². The summed E-state index contributed by atoms with van der Waals surface area (Å²) in [4.78, 5) is 0. The summed E-state index contributed by atoms with van der Waals surface area (Å²) >= 11 is 5.58. The first-order valence-corrected chi connectivity index (χ1v) is 4.25. The Kier molecular flexibility index (Phi) is 3.31. The maximum absolute atomic E-state index is 12.0. The molecule has 0 atom stereocenters. The molecule has 0 saturated carbocycles. The highest BCUT2D eigenvalue weighted by Gasteiger charge is 2.33. The van der Waals surface area contributed by atoms with Crippen molar-refractivity contribution in [1.82, 2.24) is 0 Å². The van der Waals surface area contributed by atoms with Gasteiger partial charge in [-0.05, 0) is 6.07 Å². The van der Waals surface area contributed by atoms with Crippen molar-refractivity contribution in [2.24, 2.45) is 5.73 Å². The Balaban J connectivity index is 3.18. The van der Waals surface area contributed by atoms with Crippen LogP contribution in [0.2, 0.25) is 5.02 Å². The molecule has 4 N–H and O–H groups in total. The first-order chi connectivity index (χ1) is 6.85. The smallest absolute Gasteiger partial charge is 0.404 e. The van der Waals surface area contributed by atoms with Gasteiger partial charge in [-0.1, -0.05) is 17.7 Å². The number of hydrogen-bond acceptors (Lipinski definition) is 3. The number of rotatable bonds is 2. The number of halogens is 4. The fourth-order valence-corrected chi connectivity index (χ4v) is 1.22. The Morgan fingerprint density at radius 2 is 1.93 bits per heavy atom. The molecule has 0 aliphatic heterocycles. The fraction of sp³-hybridized carbons (Fsp3) is 0.250. The molecule has 0 bridgehead atoms. The predicted molar refractivity (Wildman–Crippen MR) is 50.4 cm³/mol. The lowest BCUT2D eigenvalue weighted by Gasteiger charge is -2.14. The lowest BCUT2D eigenvalue weighted by molar-refractivity contribution is -0.274. The van der Waals surface area contributed by atoms with E-state index in [0.29, 0.717) is 0 Å². The molecule has 0 radical (unpaired) electrons. The maximum Gasteiger partial charge on any atom is 0.573 e. The van der Waals surface area contributed by atoms with E-state index in [0.717, 1.165) is 0 Å². The van der Waals surface area contributed by atoms with Gasteiger partial charge in [0.2, 0.25) is 0 Å². The summed E-state index contributed by atoms with van der Waals surface area (Å²) < 4.78 is 39.8. The molecule has 0 aliphatic carbocycles. The quantitative estimate of drug-likeness (QED) is 0.780. The van der Waals surface area contributed by atoms with Gasteiger partial charge in [0, 0.05) is 12.1 Å². The lowest BCUT2D eigenvalue weighted by atomic mass is 10.2. The number of nitrogen functional groups attached to an aromatic ring is 1. The molecule has 0 aromatic heterocycles. The van der Waals surface area contributed by atoms with Gasteiger partial charge in [-0.25, -0.2) is 0 Å². The van der Waals surface area contributed by atoms with Gasteiger partial charge in [-0.15, -0.1) is 13.2 Å². The van der Waals surface area contributed by atoms with Crippen LogP contribution in [-0.4, -0.2) is 6.36 Å². The Labute approximate surface area is 88.8 Å². The highest BCUT2D eigenvalue weighted by molar-refractivity contribution is 6.34. The first-order valence-electron chi connectivity index (χ1n) is 3.88. The number of hydrogen-bond donors (Lipinski definition) is 2. The van der Waals surface area contributed by atoms with Crippen molar-refractivity contribution >= 4 is 17.3 Å². The van der Waals surface area contributed by atoms with E-state index in [1.165, 1.54) is 12.1 Å². The summed E-state index contributed by atoms with van der Waals surface area (Å²) in [6.45, 7) is -0.120. The van der Waals surface area contributed by atoms with E-state index < -0.39 is 12.1 Å². The summed E-state index contributed by atoms with van der Waals surface area (Å²) in [5.74, 6) is -0.535. The molecule has 0 saturated heterocycles. The van der Waals surface area contributed by atoms with Crippen molar-refractivity contribution in [2.75, 3.05) is 5.73 Å². The molecular weight excluding hydrogens is 233 g/mol. The Morgan fingerprint density at radius 1 is 1.33 bits per heavy atom. The van der Waals surface area contributed by atoms with Crippen LogP contribution in [0.3, 0.4) is 0 Å². The zero-order valence-corrected chi connectivity index (χ0v) is 8.19. The minimum absolute atomic E-state index is 0.00752. The summed E-state index contributed by atoms with van der Waals surface area (Å²) in [7, 11) is 0.